The van der Waals surface area contributed by atoms with Crippen molar-refractivity contribution in [1.82, 2.24) is 16.1 Å². The molecular weight excluding hydrogens is 392 g/mol. The van der Waals surface area contributed by atoms with Crippen LogP contribution >= 0.6 is 0 Å². The van der Waals surface area contributed by atoms with Crippen LogP contribution in [-0.2, 0) is 9.59 Å². The molecule has 164 valence electrons. The van der Waals surface area contributed by atoms with Gasteiger partial charge in [0.25, 0.3) is 0 Å². The highest BCUT2D eigenvalue weighted by Crippen LogP contribution is 2.52. The Morgan fingerprint density at radius 3 is 2.71 bits per heavy atom. The maximum Gasteiger partial charge on any atom is 0.248 e. The first kappa shape index (κ1) is 21.7. The Bertz CT molecular complexity index is 958. The second-order valence-corrected chi connectivity index (χ2v) is 9.51. The van der Waals surface area contributed by atoms with E-state index in [1.54, 1.807) is 5.48 Å². The smallest absolute Gasteiger partial charge is 0.248 e. The average molecular weight is 423 g/mol. The molecule has 1 saturated heterocycles. The van der Waals surface area contributed by atoms with E-state index in [4.69, 9.17) is 0 Å². The van der Waals surface area contributed by atoms with Crippen LogP contribution in [0.1, 0.15) is 62.1 Å². The Balaban J connectivity index is 1.52. The Labute approximate surface area is 182 Å². The maximum atomic E-state index is 13.4. The normalized spacial score (nSPS) is 26.8. The number of hydroxylamine groups is 1. The molecule has 3 aliphatic rings. The summed E-state index contributed by atoms with van der Waals surface area (Å²) in [5.41, 5.74) is 5.65. The lowest BCUT2D eigenvalue weighted by Crippen LogP contribution is -2.59. The first-order valence-electron chi connectivity index (χ1n) is 11.1. The predicted molar refractivity (Wildman–Crippen MR) is 116 cm³/mol. The van der Waals surface area contributed by atoms with Crippen molar-refractivity contribution in [3.05, 3.63) is 41.0 Å². The van der Waals surface area contributed by atoms with Crippen LogP contribution in [0.5, 0.6) is 0 Å². The molecule has 1 aromatic carbocycles. The summed E-state index contributed by atoms with van der Waals surface area (Å²) in [7, 11) is 0. The average Bonchev–Trinajstić information content (AvgIpc) is 3.56. The van der Waals surface area contributed by atoms with E-state index in [0.29, 0.717) is 24.9 Å². The number of benzene rings is 1. The number of Topliss-reactive ketones (excluding diaryl/α,β-unsaturated/α-hetero) is 1. The largest absolute Gasteiger partial charge is 0.306 e. The van der Waals surface area contributed by atoms with Gasteiger partial charge >= 0.3 is 0 Å². The Kier molecular flexibility index (Phi) is 5.98. The van der Waals surface area contributed by atoms with Crippen molar-refractivity contribution < 1.29 is 14.8 Å². The molecule has 0 aromatic heterocycles. The van der Waals surface area contributed by atoms with Crippen molar-refractivity contribution in [1.29, 1.82) is 5.26 Å². The maximum absolute atomic E-state index is 13.4. The highest BCUT2D eigenvalue weighted by molar-refractivity contribution is 5.96. The van der Waals surface area contributed by atoms with Crippen LogP contribution < -0.4 is 16.1 Å². The molecule has 2 fully saturated rings. The molecule has 4 rings (SSSR count). The zero-order valence-electron chi connectivity index (χ0n) is 18.1. The summed E-state index contributed by atoms with van der Waals surface area (Å²) in [5.74, 6) is -0.856. The van der Waals surface area contributed by atoms with Crippen LogP contribution in [0.25, 0.3) is 5.57 Å². The van der Waals surface area contributed by atoms with Crippen molar-refractivity contribution >= 4 is 17.3 Å². The van der Waals surface area contributed by atoms with E-state index in [2.05, 4.69) is 42.7 Å². The van der Waals surface area contributed by atoms with Gasteiger partial charge in [-0.25, -0.2) is 5.48 Å². The molecule has 7 nitrogen and oxygen atoms in total. The van der Waals surface area contributed by atoms with Crippen molar-refractivity contribution in [2.45, 2.75) is 57.5 Å². The number of hydrogen-bond donors (Lipinski definition) is 4. The molecule has 1 aliphatic carbocycles. The number of amides is 1. The van der Waals surface area contributed by atoms with Gasteiger partial charge in [0.1, 0.15) is 0 Å². The second kappa shape index (κ2) is 8.54. The van der Waals surface area contributed by atoms with Crippen LogP contribution in [0.2, 0.25) is 0 Å². The highest BCUT2D eigenvalue weighted by Gasteiger charge is 2.52. The van der Waals surface area contributed by atoms with Gasteiger partial charge in [-0.15, -0.1) is 0 Å². The summed E-state index contributed by atoms with van der Waals surface area (Å²) in [6.45, 7) is 5.44. The third-order valence-corrected chi connectivity index (χ3v) is 7.11. The third-order valence-electron chi connectivity index (χ3n) is 7.11. The molecule has 3 unspecified atom stereocenters. The van der Waals surface area contributed by atoms with Gasteiger partial charge in [-0.2, -0.15) is 5.26 Å². The first-order chi connectivity index (χ1) is 14.9. The molecule has 1 saturated carbocycles. The number of ketones is 1. The molecule has 1 spiro atoms. The van der Waals surface area contributed by atoms with Crippen LogP contribution in [-0.4, -0.2) is 42.1 Å². The summed E-state index contributed by atoms with van der Waals surface area (Å²) in [4.78, 5) is 25.7. The number of carbonyl (C=O) groups is 2. The minimum Gasteiger partial charge on any atom is -0.306 e. The van der Waals surface area contributed by atoms with Crippen molar-refractivity contribution in [3.63, 3.8) is 0 Å². The highest BCUT2D eigenvalue weighted by atomic mass is 16.5. The monoisotopic (exact) mass is 422 g/mol. The molecular formula is C24H30N4O3. The molecule has 4 N–H and O–H groups in total. The lowest BCUT2D eigenvalue weighted by Gasteiger charge is -2.37. The number of rotatable bonds is 5. The summed E-state index contributed by atoms with van der Waals surface area (Å²) in [6, 6.07) is 7.10. The van der Waals surface area contributed by atoms with Gasteiger partial charge in [0.2, 0.25) is 5.91 Å². The number of carbonyl (C=O) groups excluding carboxylic acids is 2. The van der Waals surface area contributed by atoms with Gasteiger partial charge in [0.05, 0.1) is 29.6 Å². The number of nitrogens with zero attached hydrogens (tertiary/aromatic N) is 1. The van der Waals surface area contributed by atoms with E-state index in [-0.39, 0.29) is 17.1 Å². The fourth-order valence-electron chi connectivity index (χ4n) is 5.00. The fraction of sp³-hybridized carbons (Fsp3) is 0.542. The molecule has 0 bridgehead atoms. The molecule has 3 atom stereocenters. The standard InChI is InChI=1S/C24H30N4O3/c1-14(2)18-9-15(3-4-17(18)12-25)16-5-8-26-20(10-16)22(29)21-19(23(30)28-31)11-24(6-7-24)13-27-21/h3-5,9,14,19-21,26-27,31H,6-8,10-11,13H2,1-2H3,(H,28,30). The molecule has 7 heteroatoms. The van der Waals surface area contributed by atoms with E-state index in [1.807, 2.05) is 12.1 Å². The lowest BCUT2D eigenvalue weighted by atomic mass is 9.78. The van der Waals surface area contributed by atoms with Crippen LogP contribution in [0.3, 0.4) is 0 Å². The third kappa shape index (κ3) is 4.29. The van der Waals surface area contributed by atoms with E-state index in [9.17, 15) is 20.1 Å². The van der Waals surface area contributed by atoms with Gasteiger partial charge in [-0.3, -0.25) is 14.8 Å². The minimum atomic E-state index is -0.609. The summed E-state index contributed by atoms with van der Waals surface area (Å²) in [6.07, 6.45) is 5.36. The van der Waals surface area contributed by atoms with Crippen LogP contribution in [0.4, 0.5) is 0 Å². The summed E-state index contributed by atoms with van der Waals surface area (Å²) >= 11 is 0. The van der Waals surface area contributed by atoms with Gasteiger partial charge in [0.15, 0.2) is 5.78 Å². The SMILES string of the molecule is CC(C)c1cc(C2=CCNC(C(=O)C3NCC4(CC4)CC3C(=O)NO)C2)ccc1C#N. The Hall–Kier alpha value is -2.53. The Morgan fingerprint density at radius 2 is 2.06 bits per heavy atom. The van der Waals surface area contributed by atoms with Gasteiger partial charge in [0, 0.05) is 13.1 Å². The van der Waals surface area contributed by atoms with Crippen molar-refractivity contribution in [2.75, 3.05) is 13.1 Å². The fourth-order valence-corrected chi connectivity index (χ4v) is 5.00. The zero-order valence-corrected chi connectivity index (χ0v) is 18.1. The van der Waals surface area contributed by atoms with Gasteiger partial charge < -0.3 is 10.6 Å². The molecule has 1 aromatic rings. The lowest BCUT2D eigenvalue weighted by molar-refractivity contribution is -0.140. The number of hydrogen-bond acceptors (Lipinski definition) is 6. The summed E-state index contributed by atoms with van der Waals surface area (Å²) in [5, 5.41) is 25.2. The van der Waals surface area contributed by atoms with Gasteiger partial charge in [-0.05, 0) is 65.8 Å². The van der Waals surface area contributed by atoms with E-state index in [1.165, 1.54) is 0 Å². The quantitative estimate of drug-likeness (QED) is 0.428. The van der Waals surface area contributed by atoms with E-state index in [0.717, 1.165) is 36.1 Å². The van der Waals surface area contributed by atoms with Crippen molar-refractivity contribution in [2.24, 2.45) is 11.3 Å². The van der Waals surface area contributed by atoms with Crippen LogP contribution in [0.15, 0.2) is 24.3 Å². The zero-order chi connectivity index (χ0) is 22.2. The number of nitriles is 1. The Morgan fingerprint density at radius 1 is 1.29 bits per heavy atom. The summed E-state index contributed by atoms with van der Waals surface area (Å²) < 4.78 is 0. The van der Waals surface area contributed by atoms with Crippen molar-refractivity contribution in [3.8, 4) is 6.07 Å². The minimum absolute atomic E-state index is 0.0348. The van der Waals surface area contributed by atoms with Gasteiger partial charge in [-0.1, -0.05) is 26.0 Å². The molecule has 0 radical (unpaired) electrons. The van der Waals surface area contributed by atoms with E-state index < -0.39 is 23.9 Å². The van der Waals surface area contributed by atoms with Crippen LogP contribution in [0, 0.1) is 22.7 Å². The molecule has 31 heavy (non-hydrogen) atoms. The number of nitrogens with one attached hydrogen (secondary N) is 3. The first-order valence-corrected chi connectivity index (χ1v) is 11.1. The predicted octanol–water partition coefficient (Wildman–Crippen LogP) is 2.26. The molecule has 1 amide bonds. The van der Waals surface area contributed by atoms with E-state index >= 15 is 0 Å². The number of piperidine rings is 1. The second-order valence-electron chi connectivity index (χ2n) is 9.51. The molecule has 2 heterocycles. The topological polar surface area (TPSA) is 114 Å². The molecule has 2 aliphatic heterocycles.